The number of rotatable bonds is 4. The molecule has 0 aliphatic rings. The molecule has 0 spiro atoms. The molecule has 2 N–H and O–H groups in total. The Morgan fingerprint density at radius 3 is 2.23 bits per heavy atom. The Hall–Kier alpha value is -2.89. The Labute approximate surface area is 152 Å². The molecule has 2 amide bonds. The minimum atomic E-state index is -0.591. The Balaban J connectivity index is 1.98. The van der Waals surface area contributed by atoms with E-state index < -0.39 is 17.7 Å². The van der Waals surface area contributed by atoms with E-state index in [1.807, 2.05) is 0 Å². The number of ether oxygens (including phenoxy) is 1. The van der Waals surface area contributed by atoms with Gasteiger partial charge in [0.05, 0.1) is 6.04 Å². The molecule has 0 unspecified atom stereocenters. The van der Waals surface area contributed by atoms with Gasteiger partial charge in [-0.3, -0.25) is 10.1 Å². The number of hydrogen-bond acceptors (Lipinski definition) is 3. The molecule has 138 valence electrons. The Morgan fingerprint density at radius 2 is 1.65 bits per heavy atom. The maximum Gasteiger partial charge on any atom is 0.412 e. The van der Waals surface area contributed by atoms with E-state index in [0.29, 0.717) is 16.8 Å². The lowest BCUT2D eigenvalue weighted by Crippen LogP contribution is -2.28. The second-order valence-corrected chi connectivity index (χ2v) is 6.92. The number of halogens is 1. The summed E-state index contributed by atoms with van der Waals surface area (Å²) in [4.78, 5) is 24.0. The van der Waals surface area contributed by atoms with Crippen LogP contribution >= 0.6 is 0 Å². The summed E-state index contributed by atoms with van der Waals surface area (Å²) in [7, 11) is 0. The van der Waals surface area contributed by atoms with E-state index in [2.05, 4.69) is 10.6 Å². The minimum Gasteiger partial charge on any atom is -0.444 e. The highest BCUT2D eigenvalue weighted by atomic mass is 19.1. The van der Waals surface area contributed by atoms with Crippen LogP contribution in [0.1, 0.15) is 49.7 Å². The molecule has 2 rings (SSSR count). The van der Waals surface area contributed by atoms with Gasteiger partial charge in [-0.05, 0) is 58.0 Å². The van der Waals surface area contributed by atoms with Crippen molar-refractivity contribution >= 4 is 17.7 Å². The number of carbonyl (C=O) groups excluding carboxylic acids is 2. The molecule has 5 nitrogen and oxygen atoms in total. The van der Waals surface area contributed by atoms with Gasteiger partial charge in [-0.15, -0.1) is 0 Å². The molecule has 2 aromatic carbocycles. The van der Waals surface area contributed by atoms with Gasteiger partial charge in [0.15, 0.2) is 0 Å². The number of hydrogen-bond donors (Lipinski definition) is 2. The van der Waals surface area contributed by atoms with Crippen molar-refractivity contribution in [2.24, 2.45) is 0 Å². The third-order valence-corrected chi connectivity index (χ3v) is 3.51. The number of benzene rings is 2. The van der Waals surface area contributed by atoms with E-state index in [1.54, 1.807) is 70.2 Å². The number of amides is 2. The zero-order valence-corrected chi connectivity index (χ0v) is 15.3. The zero-order valence-electron chi connectivity index (χ0n) is 15.3. The second kappa shape index (κ2) is 7.99. The molecule has 0 radical (unpaired) electrons. The molecule has 0 heterocycles. The van der Waals surface area contributed by atoms with Crippen molar-refractivity contribution < 1.29 is 18.7 Å². The van der Waals surface area contributed by atoms with Crippen LogP contribution in [-0.2, 0) is 4.74 Å². The fraction of sp³-hybridized carbons (Fsp3) is 0.300. The summed E-state index contributed by atoms with van der Waals surface area (Å²) in [6.07, 6.45) is -0.567. The lowest BCUT2D eigenvalue weighted by Gasteiger charge is -2.19. The first-order valence-electron chi connectivity index (χ1n) is 8.31. The highest BCUT2D eigenvalue weighted by molar-refractivity contribution is 5.95. The molecule has 0 aliphatic heterocycles. The van der Waals surface area contributed by atoms with Gasteiger partial charge in [-0.2, -0.15) is 0 Å². The molecule has 0 fully saturated rings. The van der Waals surface area contributed by atoms with E-state index in [0.717, 1.165) is 0 Å². The van der Waals surface area contributed by atoms with Crippen molar-refractivity contribution in [3.63, 3.8) is 0 Å². The summed E-state index contributed by atoms with van der Waals surface area (Å²) in [5, 5.41) is 5.35. The van der Waals surface area contributed by atoms with Crippen molar-refractivity contribution in [2.45, 2.75) is 39.3 Å². The van der Waals surface area contributed by atoms with E-state index in [4.69, 9.17) is 4.74 Å². The first-order chi connectivity index (χ1) is 12.2. The van der Waals surface area contributed by atoms with E-state index in [9.17, 15) is 14.0 Å². The summed E-state index contributed by atoms with van der Waals surface area (Å²) in [5.41, 5.74) is 0.747. The van der Waals surface area contributed by atoms with Crippen LogP contribution in [-0.4, -0.2) is 17.6 Å². The number of nitrogens with one attached hydrogen (secondary N) is 2. The van der Waals surface area contributed by atoms with Gasteiger partial charge in [0, 0.05) is 16.8 Å². The molecule has 2 aromatic rings. The molecule has 0 bridgehead atoms. The average molecular weight is 358 g/mol. The van der Waals surface area contributed by atoms with Gasteiger partial charge in [0.25, 0.3) is 5.91 Å². The fourth-order valence-corrected chi connectivity index (χ4v) is 2.31. The molecular formula is C20H23FN2O3. The standard InChI is InChI=1S/C20H23FN2O3/c1-13(16-7-5-6-8-17(16)21)22-18(24)14-9-11-15(12-10-14)23-19(25)26-20(2,3)4/h5-13H,1-4H3,(H,22,24)(H,23,25)/t13-/m0/s1. The Bertz CT molecular complexity index is 782. The van der Waals surface area contributed by atoms with Crippen LogP contribution in [0.15, 0.2) is 48.5 Å². The lowest BCUT2D eigenvalue weighted by molar-refractivity contribution is 0.0635. The van der Waals surface area contributed by atoms with Gasteiger partial charge in [0.2, 0.25) is 0 Å². The van der Waals surface area contributed by atoms with E-state index in [-0.39, 0.29) is 11.7 Å². The minimum absolute atomic E-state index is 0.329. The van der Waals surface area contributed by atoms with Crippen LogP contribution in [0.2, 0.25) is 0 Å². The van der Waals surface area contributed by atoms with Crippen molar-refractivity contribution in [3.8, 4) is 0 Å². The van der Waals surface area contributed by atoms with Crippen LogP contribution in [0.25, 0.3) is 0 Å². The molecule has 0 saturated heterocycles. The summed E-state index contributed by atoms with van der Waals surface area (Å²) in [6, 6.07) is 12.2. The third kappa shape index (κ3) is 5.58. The fourth-order valence-electron chi connectivity index (χ4n) is 2.31. The topological polar surface area (TPSA) is 67.4 Å². The predicted octanol–water partition coefficient (Wildman–Crippen LogP) is 4.66. The van der Waals surface area contributed by atoms with Gasteiger partial charge in [-0.1, -0.05) is 18.2 Å². The Morgan fingerprint density at radius 1 is 1.04 bits per heavy atom. The highest BCUT2D eigenvalue weighted by Gasteiger charge is 2.17. The SMILES string of the molecule is C[C@H](NC(=O)c1ccc(NC(=O)OC(C)(C)C)cc1)c1ccccc1F. The molecule has 0 saturated carbocycles. The maximum atomic E-state index is 13.8. The summed E-state index contributed by atoms with van der Waals surface area (Å²) >= 11 is 0. The van der Waals surface area contributed by atoms with Crippen LogP contribution in [0.4, 0.5) is 14.9 Å². The van der Waals surface area contributed by atoms with Gasteiger partial charge in [0.1, 0.15) is 11.4 Å². The van der Waals surface area contributed by atoms with Gasteiger partial charge < -0.3 is 10.1 Å². The van der Waals surface area contributed by atoms with Crippen molar-refractivity contribution in [3.05, 3.63) is 65.5 Å². The molecular weight excluding hydrogens is 335 g/mol. The molecule has 1 atom stereocenters. The zero-order chi connectivity index (χ0) is 19.3. The van der Waals surface area contributed by atoms with Crippen molar-refractivity contribution in [1.29, 1.82) is 0 Å². The lowest BCUT2D eigenvalue weighted by atomic mass is 10.1. The largest absolute Gasteiger partial charge is 0.444 e. The van der Waals surface area contributed by atoms with E-state index in [1.165, 1.54) is 6.07 Å². The average Bonchev–Trinajstić information content (AvgIpc) is 2.53. The number of anilines is 1. The first kappa shape index (κ1) is 19.4. The predicted molar refractivity (Wildman–Crippen MR) is 98.6 cm³/mol. The third-order valence-electron chi connectivity index (χ3n) is 3.51. The second-order valence-electron chi connectivity index (χ2n) is 6.92. The molecule has 6 heteroatoms. The molecule has 0 aromatic heterocycles. The summed E-state index contributed by atoms with van der Waals surface area (Å²) < 4.78 is 18.9. The maximum absolute atomic E-state index is 13.8. The molecule has 0 aliphatic carbocycles. The number of carbonyl (C=O) groups is 2. The van der Waals surface area contributed by atoms with Gasteiger partial charge in [-0.25, -0.2) is 9.18 Å². The van der Waals surface area contributed by atoms with Crippen LogP contribution in [0.5, 0.6) is 0 Å². The normalized spacial score (nSPS) is 12.2. The molecule has 26 heavy (non-hydrogen) atoms. The monoisotopic (exact) mass is 358 g/mol. The van der Waals surface area contributed by atoms with Crippen LogP contribution in [0.3, 0.4) is 0 Å². The van der Waals surface area contributed by atoms with E-state index >= 15 is 0 Å². The van der Waals surface area contributed by atoms with Gasteiger partial charge >= 0.3 is 6.09 Å². The quantitative estimate of drug-likeness (QED) is 0.835. The van der Waals surface area contributed by atoms with Crippen molar-refractivity contribution in [1.82, 2.24) is 5.32 Å². The van der Waals surface area contributed by atoms with Crippen LogP contribution in [0, 0.1) is 5.82 Å². The first-order valence-corrected chi connectivity index (χ1v) is 8.31. The van der Waals surface area contributed by atoms with Crippen LogP contribution < -0.4 is 10.6 Å². The van der Waals surface area contributed by atoms with Crippen molar-refractivity contribution in [2.75, 3.05) is 5.32 Å². The summed E-state index contributed by atoms with van der Waals surface area (Å²) in [6.45, 7) is 7.04. The Kier molecular flexibility index (Phi) is 5.97. The summed E-state index contributed by atoms with van der Waals surface area (Å²) in [5.74, 6) is -0.693. The highest BCUT2D eigenvalue weighted by Crippen LogP contribution is 2.18. The smallest absolute Gasteiger partial charge is 0.412 e.